The fourth-order valence-electron chi connectivity index (χ4n) is 1.64. The Hall–Kier alpha value is -1.90. The van der Waals surface area contributed by atoms with Gasteiger partial charge in [-0.15, -0.1) is 5.10 Å². The minimum Gasteiger partial charge on any atom is -0.481 e. The van der Waals surface area contributed by atoms with Crippen LogP contribution >= 0.6 is 11.8 Å². The quantitative estimate of drug-likeness (QED) is 0.421. The largest absolute Gasteiger partial charge is 0.481 e. The van der Waals surface area contributed by atoms with Gasteiger partial charge < -0.3 is 15.2 Å². The number of aliphatic carboxylic acids is 1. The Morgan fingerprint density at radius 3 is 2.76 bits per heavy atom. The van der Waals surface area contributed by atoms with Gasteiger partial charge in [-0.25, -0.2) is 0 Å². The second-order valence-electron chi connectivity index (χ2n) is 4.56. The number of carboxylic acid groups (broad SMARTS) is 1. The maximum Gasteiger partial charge on any atom is 0.308 e. The van der Waals surface area contributed by atoms with Crippen molar-refractivity contribution in [3.8, 4) is 0 Å². The second-order valence-corrected chi connectivity index (χ2v) is 5.75. The number of amides is 1. The first-order valence-corrected chi connectivity index (χ1v) is 7.09. The minimum atomic E-state index is -1.05. The Morgan fingerprint density at radius 1 is 1.52 bits per heavy atom. The SMILES string of the molecule is COC(=O)C(C)C/C(C)=N\N=C1/NC(=O)C(CC(=O)O)S1. The number of rotatable bonds is 6. The van der Waals surface area contributed by atoms with Gasteiger partial charge in [0.15, 0.2) is 5.17 Å². The number of thioether (sulfide) groups is 1. The molecular formula is C12H17N3O5S. The molecule has 1 aliphatic heterocycles. The van der Waals surface area contributed by atoms with Gasteiger partial charge in [0, 0.05) is 12.1 Å². The average Bonchev–Trinajstić information content (AvgIpc) is 2.75. The predicted octanol–water partition coefficient (Wildman–Crippen LogP) is 0.624. The van der Waals surface area contributed by atoms with Gasteiger partial charge in [0.05, 0.1) is 19.4 Å². The number of nitrogens with one attached hydrogen (secondary N) is 1. The molecular weight excluding hydrogens is 298 g/mol. The van der Waals surface area contributed by atoms with Crippen LogP contribution < -0.4 is 5.32 Å². The highest BCUT2D eigenvalue weighted by Gasteiger charge is 2.32. The van der Waals surface area contributed by atoms with Gasteiger partial charge in [-0.2, -0.15) is 5.10 Å². The third-order valence-electron chi connectivity index (χ3n) is 2.65. The van der Waals surface area contributed by atoms with Crippen LogP contribution in [0.3, 0.4) is 0 Å². The lowest BCUT2D eigenvalue weighted by Crippen LogP contribution is -2.26. The topological polar surface area (TPSA) is 117 Å². The maximum absolute atomic E-state index is 11.5. The molecule has 0 aromatic carbocycles. The van der Waals surface area contributed by atoms with Crippen LogP contribution in [0.25, 0.3) is 0 Å². The molecule has 116 valence electrons. The molecule has 1 aliphatic rings. The number of hydrogen-bond acceptors (Lipinski definition) is 7. The van der Waals surface area contributed by atoms with Crippen molar-refractivity contribution in [2.24, 2.45) is 16.1 Å². The highest BCUT2D eigenvalue weighted by molar-refractivity contribution is 8.15. The van der Waals surface area contributed by atoms with Crippen molar-refractivity contribution in [3.63, 3.8) is 0 Å². The molecule has 2 N–H and O–H groups in total. The summed E-state index contributed by atoms with van der Waals surface area (Å²) in [5.74, 6) is -2.10. The Morgan fingerprint density at radius 2 is 2.19 bits per heavy atom. The molecule has 0 bridgehead atoms. The van der Waals surface area contributed by atoms with Crippen LogP contribution in [0, 0.1) is 5.92 Å². The summed E-state index contributed by atoms with van der Waals surface area (Å²) in [4.78, 5) is 33.3. The summed E-state index contributed by atoms with van der Waals surface area (Å²) in [5, 5.41) is 18.5. The summed E-state index contributed by atoms with van der Waals surface area (Å²) >= 11 is 1.03. The summed E-state index contributed by atoms with van der Waals surface area (Å²) in [7, 11) is 1.32. The maximum atomic E-state index is 11.5. The van der Waals surface area contributed by atoms with Gasteiger partial charge in [0.25, 0.3) is 0 Å². The van der Waals surface area contributed by atoms with E-state index in [1.54, 1.807) is 13.8 Å². The van der Waals surface area contributed by atoms with E-state index in [4.69, 9.17) is 5.11 Å². The summed E-state index contributed by atoms with van der Waals surface area (Å²) in [6.45, 7) is 3.42. The van der Waals surface area contributed by atoms with Gasteiger partial charge >= 0.3 is 11.9 Å². The smallest absolute Gasteiger partial charge is 0.308 e. The van der Waals surface area contributed by atoms with Crippen LogP contribution in [0.2, 0.25) is 0 Å². The molecule has 1 saturated heterocycles. The Labute approximate surface area is 126 Å². The van der Waals surface area contributed by atoms with Crippen molar-refractivity contribution in [2.45, 2.75) is 31.9 Å². The fourth-order valence-corrected chi connectivity index (χ4v) is 2.55. The second kappa shape index (κ2) is 7.77. The summed E-state index contributed by atoms with van der Waals surface area (Å²) < 4.78 is 4.61. The highest BCUT2D eigenvalue weighted by atomic mass is 32.2. The zero-order chi connectivity index (χ0) is 16.0. The molecule has 0 aromatic heterocycles. The standard InChI is InChI=1S/C12H17N3O5S/c1-6(11(19)20-3)4-7(2)14-15-12-13-10(18)8(21-12)5-9(16)17/h6,8H,4-5H2,1-3H3,(H,16,17)(H,13,15,18)/b14-7-. The minimum absolute atomic E-state index is 0.260. The molecule has 2 atom stereocenters. The molecule has 1 amide bonds. The third kappa shape index (κ3) is 5.54. The number of ether oxygens (including phenoxy) is 1. The van der Waals surface area contributed by atoms with Gasteiger partial charge in [0.1, 0.15) is 5.25 Å². The van der Waals surface area contributed by atoms with Crippen molar-refractivity contribution in [1.29, 1.82) is 0 Å². The number of carbonyl (C=O) groups excluding carboxylic acids is 2. The monoisotopic (exact) mass is 315 g/mol. The van der Waals surface area contributed by atoms with Crippen LogP contribution in [0.1, 0.15) is 26.7 Å². The van der Waals surface area contributed by atoms with Gasteiger partial charge in [-0.1, -0.05) is 18.7 Å². The van der Waals surface area contributed by atoms with Crippen LogP contribution in [0.5, 0.6) is 0 Å². The lowest BCUT2D eigenvalue weighted by atomic mass is 10.1. The van der Waals surface area contributed by atoms with Crippen LogP contribution in [-0.4, -0.2) is 46.2 Å². The van der Waals surface area contributed by atoms with E-state index < -0.39 is 17.1 Å². The molecule has 8 nitrogen and oxygen atoms in total. The number of methoxy groups -OCH3 is 1. The number of carboxylic acids is 1. The molecule has 0 aromatic rings. The van der Waals surface area contributed by atoms with E-state index >= 15 is 0 Å². The van der Waals surface area contributed by atoms with E-state index in [1.807, 2.05) is 0 Å². The third-order valence-corrected chi connectivity index (χ3v) is 3.73. The molecule has 1 heterocycles. The van der Waals surface area contributed by atoms with Crippen molar-refractivity contribution in [1.82, 2.24) is 5.32 Å². The molecule has 0 radical (unpaired) electrons. The highest BCUT2D eigenvalue weighted by Crippen LogP contribution is 2.22. The van der Waals surface area contributed by atoms with Crippen molar-refractivity contribution < 1.29 is 24.2 Å². The Bertz CT molecular complexity index is 503. The Balaban J connectivity index is 2.60. The van der Waals surface area contributed by atoms with Crippen LogP contribution in [0.4, 0.5) is 0 Å². The molecule has 0 spiro atoms. The number of hydrogen-bond donors (Lipinski definition) is 2. The molecule has 1 rings (SSSR count). The van der Waals surface area contributed by atoms with E-state index in [-0.39, 0.29) is 23.5 Å². The molecule has 0 aliphatic carbocycles. The van der Waals surface area contributed by atoms with E-state index in [0.717, 1.165) is 11.8 Å². The molecule has 1 fully saturated rings. The molecule has 0 saturated carbocycles. The van der Waals surface area contributed by atoms with Crippen molar-refractivity contribution in [2.75, 3.05) is 7.11 Å². The first-order chi connectivity index (χ1) is 9.83. The average molecular weight is 315 g/mol. The molecule has 9 heteroatoms. The first-order valence-electron chi connectivity index (χ1n) is 6.21. The zero-order valence-corrected chi connectivity index (χ0v) is 12.8. The Kier molecular flexibility index (Phi) is 6.35. The number of amidine groups is 1. The van der Waals surface area contributed by atoms with Crippen LogP contribution in [-0.2, 0) is 19.1 Å². The molecule has 21 heavy (non-hydrogen) atoms. The van der Waals surface area contributed by atoms with E-state index in [0.29, 0.717) is 12.1 Å². The van der Waals surface area contributed by atoms with Crippen LogP contribution in [0.15, 0.2) is 10.2 Å². The van der Waals surface area contributed by atoms with E-state index in [9.17, 15) is 14.4 Å². The normalized spacial score (nSPS) is 22.0. The van der Waals surface area contributed by atoms with Crippen molar-refractivity contribution >= 4 is 40.5 Å². The van der Waals surface area contributed by atoms with Gasteiger partial charge in [-0.05, 0) is 6.92 Å². The number of esters is 1. The lowest BCUT2D eigenvalue weighted by Gasteiger charge is -2.07. The summed E-state index contributed by atoms with van der Waals surface area (Å²) in [6.07, 6.45) is 0.123. The number of nitrogens with zero attached hydrogens (tertiary/aromatic N) is 2. The summed E-state index contributed by atoms with van der Waals surface area (Å²) in [5.41, 5.74) is 0.608. The van der Waals surface area contributed by atoms with Crippen molar-refractivity contribution in [3.05, 3.63) is 0 Å². The lowest BCUT2D eigenvalue weighted by molar-refractivity contribution is -0.144. The first kappa shape index (κ1) is 17.2. The van der Waals surface area contributed by atoms with E-state index in [2.05, 4.69) is 20.3 Å². The fraction of sp³-hybridized carbons (Fsp3) is 0.583. The van der Waals surface area contributed by atoms with Gasteiger partial charge in [0.2, 0.25) is 5.91 Å². The zero-order valence-electron chi connectivity index (χ0n) is 12.0. The number of carbonyl (C=O) groups is 3. The molecule has 2 unspecified atom stereocenters. The van der Waals surface area contributed by atoms with Gasteiger partial charge in [-0.3, -0.25) is 14.4 Å². The summed E-state index contributed by atoms with van der Waals surface area (Å²) in [6, 6.07) is 0. The van der Waals surface area contributed by atoms with E-state index in [1.165, 1.54) is 7.11 Å². The predicted molar refractivity (Wildman–Crippen MR) is 78.1 cm³/mol.